The molecule has 1 aliphatic rings. The molecule has 21 heavy (non-hydrogen) atoms. The first-order valence-electron chi connectivity index (χ1n) is 7.29. The van der Waals surface area contributed by atoms with Gasteiger partial charge in [-0.05, 0) is 29.7 Å². The number of nitrogens with zero attached hydrogens (tertiary/aromatic N) is 1. The molecule has 1 atom stereocenters. The summed E-state index contributed by atoms with van der Waals surface area (Å²) in [6, 6.07) is 16.2. The van der Waals surface area contributed by atoms with E-state index >= 15 is 0 Å². The number of fused-ring (bicyclic) bond motifs is 1. The molecule has 1 amide bonds. The van der Waals surface area contributed by atoms with Gasteiger partial charge in [-0.1, -0.05) is 42.5 Å². The van der Waals surface area contributed by atoms with E-state index in [4.69, 9.17) is 0 Å². The highest BCUT2D eigenvalue weighted by atomic mass is 16.2. The quantitative estimate of drug-likeness (QED) is 0.937. The molecule has 3 nitrogen and oxygen atoms in total. The summed E-state index contributed by atoms with van der Waals surface area (Å²) in [6.07, 6.45) is 0.771. The Morgan fingerprint density at radius 3 is 2.67 bits per heavy atom. The Morgan fingerprint density at radius 1 is 1.19 bits per heavy atom. The molecule has 2 aromatic rings. The maximum absolute atomic E-state index is 12.6. The Labute approximate surface area is 125 Å². The molecule has 0 bridgehead atoms. The van der Waals surface area contributed by atoms with E-state index in [9.17, 15) is 4.79 Å². The normalized spacial score (nSPS) is 16.2. The van der Waals surface area contributed by atoms with Gasteiger partial charge in [-0.3, -0.25) is 4.79 Å². The molecule has 0 spiro atoms. The molecule has 3 rings (SSSR count). The van der Waals surface area contributed by atoms with E-state index in [0.717, 1.165) is 12.1 Å². The number of rotatable bonds is 3. The topological polar surface area (TPSA) is 32.3 Å². The second-order valence-corrected chi connectivity index (χ2v) is 5.68. The molecular formula is C18H20N2O. The van der Waals surface area contributed by atoms with E-state index in [1.165, 1.54) is 16.7 Å². The van der Waals surface area contributed by atoms with E-state index in [2.05, 4.69) is 30.4 Å². The highest BCUT2D eigenvalue weighted by Crippen LogP contribution is 2.26. The highest BCUT2D eigenvalue weighted by Gasteiger charge is 2.28. The zero-order valence-electron chi connectivity index (χ0n) is 12.5. The van der Waals surface area contributed by atoms with Crippen LogP contribution in [0.15, 0.2) is 48.5 Å². The number of benzene rings is 2. The number of carbonyl (C=O) groups excluding carboxylic acids is 1. The molecule has 0 aliphatic carbocycles. The first-order valence-corrected chi connectivity index (χ1v) is 7.29. The van der Waals surface area contributed by atoms with Crippen molar-refractivity contribution in [3.05, 3.63) is 65.2 Å². The van der Waals surface area contributed by atoms with E-state index < -0.39 is 0 Å². The number of para-hydroxylation sites is 1. The van der Waals surface area contributed by atoms with Crippen molar-refractivity contribution >= 4 is 11.6 Å². The monoisotopic (exact) mass is 280 g/mol. The zero-order chi connectivity index (χ0) is 14.8. The zero-order valence-corrected chi connectivity index (χ0v) is 12.5. The Morgan fingerprint density at radius 2 is 1.90 bits per heavy atom. The summed E-state index contributed by atoms with van der Waals surface area (Å²) in [4.78, 5) is 14.4. The van der Waals surface area contributed by atoms with Crippen molar-refractivity contribution in [1.82, 2.24) is 4.90 Å². The van der Waals surface area contributed by atoms with Crippen LogP contribution in [0, 0.1) is 6.92 Å². The van der Waals surface area contributed by atoms with E-state index in [0.29, 0.717) is 6.54 Å². The Bertz CT molecular complexity index is 641. The lowest BCUT2D eigenvalue weighted by Crippen LogP contribution is -2.39. The van der Waals surface area contributed by atoms with Gasteiger partial charge in [-0.15, -0.1) is 0 Å². The van der Waals surface area contributed by atoms with Gasteiger partial charge in [0.2, 0.25) is 5.91 Å². The van der Waals surface area contributed by atoms with Gasteiger partial charge in [0, 0.05) is 25.7 Å². The number of carbonyl (C=O) groups is 1. The lowest BCUT2D eigenvalue weighted by molar-refractivity contribution is -0.131. The van der Waals surface area contributed by atoms with Crippen LogP contribution in [0.1, 0.15) is 16.7 Å². The minimum Gasteiger partial charge on any atom is -0.373 e. The third kappa shape index (κ3) is 2.77. The number of hydrogen-bond acceptors (Lipinski definition) is 2. The molecular weight excluding hydrogens is 260 g/mol. The Kier molecular flexibility index (Phi) is 3.65. The fourth-order valence-corrected chi connectivity index (χ4v) is 2.83. The van der Waals surface area contributed by atoms with Crippen molar-refractivity contribution in [1.29, 1.82) is 0 Å². The minimum absolute atomic E-state index is 0.142. The molecule has 1 N–H and O–H groups in total. The maximum Gasteiger partial charge on any atom is 0.245 e. The standard InChI is InChI=1S/C18H20N2O/c1-13-7-3-4-9-15(13)12-20(2)18(21)17-11-14-8-5-6-10-16(14)19-17/h3-10,17,19H,11-12H2,1-2H3/t17-/m0/s1. The summed E-state index contributed by atoms with van der Waals surface area (Å²) in [7, 11) is 1.87. The molecule has 0 aromatic heterocycles. The second-order valence-electron chi connectivity index (χ2n) is 5.68. The molecule has 0 unspecified atom stereocenters. The van der Waals surface area contributed by atoms with Gasteiger partial charge < -0.3 is 10.2 Å². The number of amides is 1. The van der Waals surface area contributed by atoms with Crippen molar-refractivity contribution in [3.63, 3.8) is 0 Å². The van der Waals surface area contributed by atoms with Crippen LogP contribution in [0.3, 0.4) is 0 Å². The minimum atomic E-state index is -0.142. The summed E-state index contributed by atoms with van der Waals surface area (Å²) in [5.41, 5.74) is 4.73. The summed E-state index contributed by atoms with van der Waals surface area (Å²) in [5, 5.41) is 3.32. The maximum atomic E-state index is 12.6. The molecule has 0 fully saturated rings. The smallest absolute Gasteiger partial charge is 0.245 e. The van der Waals surface area contributed by atoms with Crippen molar-refractivity contribution < 1.29 is 4.79 Å². The summed E-state index contributed by atoms with van der Waals surface area (Å²) < 4.78 is 0. The number of likely N-dealkylation sites (N-methyl/N-ethyl adjacent to an activating group) is 1. The fourth-order valence-electron chi connectivity index (χ4n) is 2.83. The van der Waals surface area contributed by atoms with Crippen LogP contribution in [0.4, 0.5) is 5.69 Å². The molecule has 1 aliphatic heterocycles. The molecule has 2 aromatic carbocycles. The average molecular weight is 280 g/mol. The van der Waals surface area contributed by atoms with Gasteiger partial charge in [-0.25, -0.2) is 0 Å². The highest BCUT2D eigenvalue weighted by molar-refractivity contribution is 5.87. The molecule has 1 heterocycles. The average Bonchev–Trinajstić information content (AvgIpc) is 2.92. The lowest BCUT2D eigenvalue weighted by Gasteiger charge is -2.22. The van der Waals surface area contributed by atoms with Gasteiger partial charge in [0.1, 0.15) is 6.04 Å². The number of aryl methyl sites for hydroxylation is 1. The van der Waals surface area contributed by atoms with Crippen LogP contribution in [-0.4, -0.2) is 23.9 Å². The van der Waals surface area contributed by atoms with Crippen molar-refractivity contribution in [2.24, 2.45) is 0 Å². The van der Waals surface area contributed by atoms with Crippen LogP contribution in [-0.2, 0) is 17.8 Å². The first kappa shape index (κ1) is 13.7. The number of hydrogen-bond donors (Lipinski definition) is 1. The van der Waals surface area contributed by atoms with E-state index in [-0.39, 0.29) is 11.9 Å². The van der Waals surface area contributed by atoms with E-state index in [1.54, 1.807) is 0 Å². The fraction of sp³-hybridized carbons (Fsp3) is 0.278. The van der Waals surface area contributed by atoms with Gasteiger partial charge in [0.25, 0.3) is 0 Å². The third-order valence-electron chi connectivity index (χ3n) is 4.11. The van der Waals surface area contributed by atoms with Crippen LogP contribution < -0.4 is 5.32 Å². The van der Waals surface area contributed by atoms with Crippen LogP contribution in [0.25, 0.3) is 0 Å². The van der Waals surface area contributed by atoms with Crippen molar-refractivity contribution in [2.75, 3.05) is 12.4 Å². The molecule has 0 saturated heterocycles. The summed E-state index contributed by atoms with van der Waals surface area (Å²) >= 11 is 0. The van der Waals surface area contributed by atoms with Gasteiger partial charge in [0.05, 0.1) is 0 Å². The van der Waals surface area contributed by atoms with Gasteiger partial charge in [0.15, 0.2) is 0 Å². The summed E-state index contributed by atoms with van der Waals surface area (Å²) in [6.45, 7) is 2.73. The first-order chi connectivity index (χ1) is 10.1. The molecule has 3 heteroatoms. The van der Waals surface area contributed by atoms with Crippen LogP contribution in [0.2, 0.25) is 0 Å². The Balaban J connectivity index is 1.68. The van der Waals surface area contributed by atoms with E-state index in [1.807, 2.05) is 42.3 Å². The molecule has 0 radical (unpaired) electrons. The molecule has 0 saturated carbocycles. The van der Waals surface area contributed by atoms with Gasteiger partial charge >= 0.3 is 0 Å². The number of nitrogens with one attached hydrogen (secondary N) is 1. The van der Waals surface area contributed by atoms with Crippen LogP contribution in [0.5, 0.6) is 0 Å². The Hall–Kier alpha value is -2.29. The second kappa shape index (κ2) is 5.60. The SMILES string of the molecule is Cc1ccccc1CN(C)C(=O)[C@@H]1Cc2ccccc2N1. The third-order valence-corrected chi connectivity index (χ3v) is 4.11. The summed E-state index contributed by atoms with van der Waals surface area (Å²) in [5.74, 6) is 0.148. The predicted octanol–water partition coefficient (Wildman–Crippen LogP) is 2.99. The van der Waals surface area contributed by atoms with Gasteiger partial charge in [-0.2, -0.15) is 0 Å². The largest absolute Gasteiger partial charge is 0.373 e. The number of anilines is 1. The molecule has 108 valence electrons. The van der Waals surface area contributed by atoms with Crippen LogP contribution >= 0.6 is 0 Å². The lowest BCUT2D eigenvalue weighted by atomic mass is 10.1. The van der Waals surface area contributed by atoms with Crippen molar-refractivity contribution in [2.45, 2.75) is 25.9 Å². The predicted molar refractivity (Wildman–Crippen MR) is 85.2 cm³/mol. The van der Waals surface area contributed by atoms with Crippen molar-refractivity contribution in [3.8, 4) is 0 Å².